The van der Waals surface area contributed by atoms with Gasteiger partial charge in [-0.25, -0.2) is 9.67 Å². The summed E-state index contributed by atoms with van der Waals surface area (Å²) < 4.78 is 1.78. The van der Waals surface area contributed by atoms with Gasteiger partial charge in [-0.1, -0.05) is 36.4 Å². The van der Waals surface area contributed by atoms with E-state index < -0.39 is 0 Å². The minimum absolute atomic E-state index is 0.828. The van der Waals surface area contributed by atoms with E-state index in [1.165, 1.54) is 0 Å². The second-order valence-corrected chi connectivity index (χ2v) is 3.70. The zero-order chi connectivity index (χ0) is 11.5. The molecule has 0 saturated heterocycles. The largest absolute Gasteiger partial charge is 0.237 e. The first kappa shape index (κ1) is 9.78. The maximum absolute atomic E-state index is 4.50. The van der Waals surface area contributed by atoms with Crippen LogP contribution in [0.5, 0.6) is 0 Å². The number of aromatic nitrogens is 3. The summed E-state index contributed by atoms with van der Waals surface area (Å²) in [6.07, 6.45) is 3.68. The zero-order valence-corrected chi connectivity index (χ0v) is 9.19. The van der Waals surface area contributed by atoms with Crippen molar-refractivity contribution in [1.82, 2.24) is 14.8 Å². The first-order valence-electron chi connectivity index (χ1n) is 5.46. The van der Waals surface area contributed by atoms with E-state index >= 15 is 0 Å². The lowest BCUT2D eigenvalue weighted by Crippen LogP contribution is -1.97. The third kappa shape index (κ3) is 1.95. The van der Waals surface area contributed by atoms with Gasteiger partial charge < -0.3 is 0 Å². The van der Waals surface area contributed by atoms with E-state index in [1.807, 2.05) is 60.8 Å². The Morgan fingerprint density at radius 2 is 1.65 bits per heavy atom. The zero-order valence-electron chi connectivity index (χ0n) is 9.19. The van der Waals surface area contributed by atoms with E-state index in [1.54, 1.807) is 10.9 Å². The smallest absolute Gasteiger partial charge is 0.153 e. The van der Waals surface area contributed by atoms with Crippen LogP contribution < -0.4 is 0 Å². The Kier molecular flexibility index (Phi) is 2.43. The first-order valence-corrected chi connectivity index (χ1v) is 5.46. The van der Waals surface area contributed by atoms with Gasteiger partial charge in [0.15, 0.2) is 5.82 Å². The van der Waals surface area contributed by atoms with Gasteiger partial charge in [0.2, 0.25) is 0 Å². The molecule has 3 nitrogen and oxygen atoms in total. The minimum atomic E-state index is 0.828. The fourth-order valence-corrected chi connectivity index (χ4v) is 1.70. The van der Waals surface area contributed by atoms with Gasteiger partial charge in [0.1, 0.15) is 0 Å². The minimum Gasteiger partial charge on any atom is -0.237 e. The normalized spacial score (nSPS) is 10.4. The Balaban J connectivity index is 1.99. The van der Waals surface area contributed by atoms with E-state index in [0.29, 0.717) is 0 Å². The van der Waals surface area contributed by atoms with E-state index in [0.717, 1.165) is 17.1 Å². The maximum Gasteiger partial charge on any atom is 0.153 e. The van der Waals surface area contributed by atoms with Gasteiger partial charge in [-0.15, -0.1) is 0 Å². The average molecular weight is 221 g/mol. The molecule has 2 aromatic heterocycles. The van der Waals surface area contributed by atoms with Crippen LogP contribution in [0.2, 0.25) is 0 Å². The van der Waals surface area contributed by atoms with Crippen molar-refractivity contribution in [2.75, 3.05) is 0 Å². The summed E-state index contributed by atoms with van der Waals surface area (Å²) in [5.74, 6) is 0.828. The monoisotopic (exact) mass is 221 g/mol. The summed E-state index contributed by atoms with van der Waals surface area (Å²) in [5, 5.41) is 4.50. The molecule has 0 aliphatic carbocycles. The van der Waals surface area contributed by atoms with Crippen LogP contribution in [-0.2, 0) is 0 Å². The number of nitrogens with zero attached hydrogens (tertiary/aromatic N) is 3. The highest BCUT2D eigenvalue weighted by Crippen LogP contribution is 2.16. The van der Waals surface area contributed by atoms with Crippen molar-refractivity contribution in [3.05, 3.63) is 67.0 Å². The van der Waals surface area contributed by atoms with Gasteiger partial charge >= 0.3 is 0 Å². The molecule has 0 spiro atoms. The van der Waals surface area contributed by atoms with Gasteiger partial charge in [-0.2, -0.15) is 5.10 Å². The topological polar surface area (TPSA) is 30.7 Å². The van der Waals surface area contributed by atoms with Crippen LogP contribution in [0.15, 0.2) is 67.0 Å². The molecule has 0 N–H and O–H groups in total. The van der Waals surface area contributed by atoms with E-state index in [9.17, 15) is 0 Å². The molecule has 0 aliphatic rings. The summed E-state index contributed by atoms with van der Waals surface area (Å²) >= 11 is 0. The third-order valence-electron chi connectivity index (χ3n) is 2.54. The highest BCUT2D eigenvalue weighted by Gasteiger charge is 2.02. The van der Waals surface area contributed by atoms with Crippen molar-refractivity contribution >= 4 is 0 Å². The Hall–Kier alpha value is -2.42. The number of hydrogen-bond donors (Lipinski definition) is 0. The summed E-state index contributed by atoms with van der Waals surface area (Å²) in [6.45, 7) is 0. The van der Waals surface area contributed by atoms with Crippen molar-refractivity contribution < 1.29 is 0 Å². The molecule has 0 aliphatic heterocycles. The van der Waals surface area contributed by atoms with Crippen LogP contribution in [0.3, 0.4) is 0 Å². The van der Waals surface area contributed by atoms with Crippen LogP contribution in [0, 0.1) is 0 Å². The molecule has 82 valence electrons. The predicted molar refractivity (Wildman–Crippen MR) is 66.8 cm³/mol. The lowest BCUT2D eigenvalue weighted by molar-refractivity contribution is 0.850. The Morgan fingerprint density at radius 3 is 2.41 bits per heavy atom. The number of rotatable bonds is 2. The van der Waals surface area contributed by atoms with Crippen LogP contribution in [0.25, 0.3) is 17.1 Å². The second kappa shape index (κ2) is 4.22. The molecule has 0 fully saturated rings. The Labute approximate surface area is 99.4 Å². The molecular formula is C14H11N3. The van der Waals surface area contributed by atoms with Crippen LogP contribution in [-0.4, -0.2) is 14.8 Å². The molecule has 3 rings (SSSR count). The fraction of sp³-hybridized carbons (Fsp3) is 0. The number of pyridine rings is 1. The van der Waals surface area contributed by atoms with Gasteiger partial charge in [-0.3, -0.25) is 0 Å². The molecule has 1 aromatic carbocycles. The van der Waals surface area contributed by atoms with Crippen molar-refractivity contribution in [3.8, 4) is 17.1 Å². The molecule has 0 radical (unpaired) electrons. The van der Waals surface area contributed by atoms with Gasteiger partial charge in [0.05, 0.1) is 5.69 Å². The molecule has 3 aromatic rings. The van der Waals surface area contributed by atoms with E-state index in [-0.39, 0.29) is 0 Å². The number of benzene rings is 1. The fourth-order valence-electron chi connectivity index (χ4n) is 1.70. The summed E-state index contributed by atoms with van der Waals surface area (Å²) in [4.78, 5) is 4.26. The van der Waals surface area contributed by atoms with Crippen LogP contribution >= 0.6 is 0 Å². The molecular weight excluding hydrogens is 210 g/mol. The molecule has 0 unspecified atom stereocenters. The standard InChI is InChI=1S/C14H11N3/c1-2-6-12(7-3-1)13-9-11-17(16-13)14-8-4-5-10-15-14/h1-11H. The second-order valence-electron chi connectivity index (χ2n) is 3.70. The average Bonchev–Trinajstić information content (AvgIpc) is 2.90. The molecule has 0 saturated carbocycles. The lowest BCUT2D eigenvalue weighted by Gasteiger charge is -1.98. The SMILES string of the molecule is c1ccc(-c2ccn(-c3ccccn3)n2)cc1. The summed E-state index contributed by atoms with van der Waals surface area (Å²) in [7, 11) is 0. The van der Waals surface area contributed by atoms with E-state index in [2.05, 4.69) is 10.1 Å². The van der Waals surface area contributed by atoms with Crippen molar-refractivity contribution in [3.63, 3.8) is 0 Å². The molecule has 0 atom stereocenters. The van der Waals surface area contributed by atoms with Crippen molar-refractivity contribution in [2.24, 2.45) is 0 Å². The molecule has 3 heteroatoms. The molecule has 17 heavy (non-hydrogen) atoms. The van der Waals surface area contributed by atoms with Crippen molar-refractivity contribution in [1.29, 1.82) is 0 Å². The lowest BCUT2D eigenvalue weighted by atomic mass is 10.2. The van der Waals surface area contributed by atoms with Crippen LogP contribution in [0.1, 0.15) is 0 Å². The maximum atomic E-state index is 4.50. The molecule has 0 bridgehead atoms. The van der Waals surface area contributed by atoms with Crippen molar-refractivity contribution in [2.45, 2.75) is 0 Å². The van der Waals surface area contributed by atoms with Gasteiger partial charge in [-0.05, 0) is 18.2 Å². The highest BCUT2D eigenvalue weighted by molar-refractivity contribution is 5.58. The van der Waals surface area contributed by atoms with Gasteiger partial charge in [0, 0.05) is 18.0 Å². The Bertz CT molecular complexity index is 546. The summed E-state index contributed by atoms with van der Waals surface area (Å²) in [6, 6.07) is 17.9. The number of hydrogen-bond acceptors (Lipinski definition) is 2. The quantitative estimate of drug-likeness (QED) is 0.666. The predicted octanol–water partition coefficient (Wildman–Crippen LogP) is 2.93. The molecule has 2 heterocycles. The highest BCUT2D eigenvalue weighted by atomic mass is 15.3. The van der Waals surface area contributed by atoms with E-state index in [4.69, 9.17) is 0 Å². The molecule has 0 amide bonds. The van der Waals surface area contributed by atoms with Gasteiger partial charge in [0.25, 0.3) is 0 Å². The Morgan fingerprint density at radius 1 is 0.824 bits per heavy atom. The summed E-state index contributed by atoms with van der Waals surface area (Å²) in [5.41, 5.74) is 2.07. The third-order valence-corrected chi connectivity index (χ3v) is 2.54. The first-order chi connectivity index (χ1) is 8.43. The van der Waals surface area contributed by atoms with Crippen LogP contribution in [0.4, 0.5) is 0 Å².